The first-order valence-corrected chi connectivity index (χ1v) is 18.6. The number of halogens is 1. The molecule has 0 bridgehead atoms. The van der Waals surface area contributed by atoms with Crippen molar-refractivity contribution in [3.8, 4) is 17.4 Å². The zero-order valence-corrected chi connectivity index (χ0v) is 29.1. The van der Waals surface area contributed by atoms with Crippen molar-refractivity contribution in [3.05, 3.63) is 57.7 Å². The molecule has 3 heterocycles. The number of carbonyl (C=O) groups is 3. The van der Waals surface area contributed by atoms with Gasteiger partial charge >= 0.3 is 0 Å². The number of carbonyl (C=O) groups excluding carboxylic acids is 3. The van der Waals surface area contributed by atoms with Crippen molar-refractivity contribution in [2.24, 2.45) is 5.92 Å². The molecule has 1 aromatic carbocycles. The minimum atomic E-state index is -3.84. The lowest BCUT2D eigenvalue weighted by molar-refractivity contribution is -0.139. The molecule has 12 nitrogen and oxygen atoms in total. The number of sulfonamides is 1. The van der Waals surface area contributed by atoms with E-state index < -0.39 is 50.7 Å². The number of ether oxygens (including phenoxy) is 3. The third-order valence-corrected chi connectivity index (χ3v) is 12.0. The molecule has 4 atom stereocenters. The maximum atomic E-state index is 14.0. The molecule has 3 aromatic rings. The van der Waals surface area contributed by atoms with Crippen molar-refractivity contribution >= 4 is 65.9 Å². The summed E-state index contributed by atoms with van der Waals surface area (Å²) in [5.41, 5.74) is -0.0963. The fourth-order valence-corrected chi connectivity index (χ4v) is 8.57. The molecule has 3 fully saturated rings. The van der Waals surface area contributed by atoms with Gasteiger partial charge in [-0.25, -0.2) is 13.4 Å². The summed E-state index contributed by atoms with van der Waals surface area (Å²) in [6.45, 7) is 6.08. The molecule has 2 N–H and O–H groups in total. The first-order valence-electron chi connectivity index (χ1n) is 15.3. The van der Waals surface area contributed by atoms with Crippen molar-refractivity contribution in [2.45, 2.75) is 62.0 Å². The molecule has 250 valence electrons. The van der Waals surface area contributed by atoms with Gasteiger partial charge in [0.15, 0.2) is 0 Å². The largest absolute Gasteiger partial charge is 0.495 e. The number of hydrogen-bond acceptors (Lipinski definition) is 10. The Balaban J connectivity index is 1.28. The molecule has 15 heteroatoms. The van der Waals surface area contributed by atoms with E-state index in [4.69, 9.17) is 14.2 Å². The van der Waals surface area contributed by atoms with Crippen LogP contribution in [-0.4, -0.2) is 79.2 Å². The Labute approximate surface area is 285 Å². The number of hydrogen-bond donors (Lipinski definition) is 2. The molecule has 0 radical (unpaired) electrons. The summed E-state index contributed by atoms with van der Waals surface area (Å²) < 4.78 is 45.6. The van der Waals surface area contributed by atoms with Crippen LogP contribution < -0.4 is 24.2 Å². The lowest BCUT2D eigenvalue weighted by Gasteiger charge is -2.26. The lowest BCUT2D eigenvalue weighted by Crippen LogP contribution is -2.56. The number of fused-ring (bicyclic) bond motifs is 1. The summed E-state index contributed by atoms with van der Waals surface area (Å²) in [4.78, 5) is 47.1. The molecule has 0 spiro atoms. The monoisotopic (exact) mass is 746 g/mol. The maximum Gasteiger partial charge on any atom is 0.259 e. The van der Waals surface area contributed by atoms with E-state index in [9.17, 15) is 22.8 Å². The summed E-state index contributed by atoms with van der Waals surface area (Å²) in [5, 5.41) is 6.63. The molecule has 6 rings (SSSR count). The van der Waals surface area contributed by atoms with Gasteiger partial charge in [0.05, 0.1) is 41.9 Å². The van der Waals surface area contributed by atoms with Gasteiger partial charge in [0.2, 0.25) is 27.7 Å². The summed E-state index contributed by atoms with van der Waals surface area (Å²) in [6.07, 6.45) is 2.31. The number of likely N-dealkylation sites (tertiary alicyclic amines) is 1. The van der Waals surface area contributed by atoms with Crippen LogP contribution in [0, 0.1) is 5.92 Å². The number of amides is 3. The smallest absolute Gasteiger partial charge is 0.259 e. The third kappa shape index (κ3) is 6.70. The minimum Gasteiger partial charge on any atom is -0.495 e. The number of thiophene rings is 1. The van der Waals surface area contributed by atoms with Crippen molar-refractivity contribution in [3.63, 3.8) is 0 Å². The lowest BCUT2D eigenvalue weighted by atomic mass is 10.1. The molecule has 1 saturated heterocycles. The highest BCUT2D eigenvalue weighted by molar-refractivity contribution is 9.10. The normalized spacial score (nSPS) is 23.6. The van der Waals surface area contributed by atoms with E-state index in [1.54, 1.807) is 19.2 Å². The Morgan fingerprint density at radius 1 is 1.23 bits per heavy atom. The fourth-order valence-electron chi connectivity index (χ4n) is 5.94. The van der Waals surface area contributed by atoms with Crippen LogP contribution >= 0.6 is 27.3 Å². The summed E-state index contributed by atoms with van der Waals surface area (Å²) in [6, 6.07) is 6.14. The summed E-state index contributed by atoms with van der Waals surface area (Å²) in [7, 11) is -2.29. The number of aromatic nitrogens is 1. The van der Waals surface area contributed by atoms with Crippen molar-refractivity contribution in [1.82, 2.24) is 19.9 Å². The van der Waals surface area contributed by atoms with Crippen LogP contribution in [0.15, 0.2) is 52.2 Å². The maximum absolute atomic E-state index is 14.0. The van der Waals surface area contributed by atoms with E-state index in [-0.39, 0.29) is 31.7 Å². The average Bonchev–Trinajstić information content (AvgIpc) is 3.92. The number of rotatable bonds is 13. The van der Waals surface area contributed by atoms with Crippen molar-refractivity contribution < 1.29 is 37.0 Å². The molecule has 2 aromatic heterocycles. The van der Waals surface area contributed by atoms with Gasteiger partial charge in [-0.2, -0.15) is 11.3 Å². The number of methoxy groups -OCH3 is 1. The second-order valence-electron chi connectivity index (χ2n) is 11.9. The van der Waals surface area contributed by atoms with Crippen LogP contribution in [0.25, 0.3) is 10.9 Å². The molecular weight excluding hydrogens is 712 g/mol. The third-order valence-electron chi connectivity index (χ3n) is 8.70. The highest BCUT2D eigenvalue weighted by Gasteiger charge is 2.62. The zero-order valence-electron chi connectivity index (χ0n) is 25.9. The van der Waals surface area contributed by atoms with Gasteiger partial charge in [-0.3, -0.25) is 19.1 Å². The van der Waals surface area contributed by atoms with Gasteiger partial charge in [-0.15, -0.1) is 6.58 Å². The predicted octanol–water partition coefficient (Wildman–Crippen LogP) is 3.73. The van der Waals surface area contributed by atoms with Crippen LogP contribution in [0.3, 0.4) is 0 Å². The standard InChI is InChI=1S/C32H35BrN4O8S2/c1-4-19-15-32(19,31(40)36-47(41,42)21-6-7-21)35-30(39)23-13-20(16-37(23)27(38)12-18-10-11-46-17-18)45-25-14-26(44-5-2)34-29-22(25)8-9-24(43-3)28(29)33/h4,8-11,14,17,19-21,23H,1,5-7,12-13,15-16H2,2-3H3,(H,35,39)(H,36,40)/t19-,20-,23-,32-/m1/s1. The van der Waals surface area contributed by atoms with Crippen molar-refractivity contribution in [1.29, 1.82) is 0 Å². The average molecular weight is 748 g/mol. The first-order chi connectivity index (χ1) is 22.5. The van der Waals surface area contributed by atoms with Crippen LogP contribution in [0.2, 0.25) is 0 Å². The molecular formula is C32H35BrN4O8S2. The van der Waals surface area contributed by atoms with E-state index in [1.807, 2.05) is 29.8 Å². The van der Waals surface area contributed by atoms with Crippen LogP contribution in [0.4, 0.5) is 0 Å². The number of nitrogens with zero attached hydrogens (tertiary/aromatic N) is 2. The highest BCUT2D eigenvalue weighted by atomic mass is 79.9. The van der Waals surface area contributed by atoms with Gasteiger partial charge < -0.3 is 24.4 Å². The zero-order chi connectivity index (χ0) is 33.5. The highest BCUT2D eigenvalue weighted by Crippen LogP contribution is 2.46. The SMILES string of the molecule is C=C[C@@H]1C[C@]1(NC(=O)[C@H]1C[C@@H](Oc2cc(OCC)nc3c(Br)c(OC)ccc23)CN1C(=O)Cc1ccsc1)C(=O)NS(=O)(=O)C1CC1. The van der Waals surface area contributed by atoms with E-state index in [0.717, 1.165) is 5.56 Å². The molecule has 3 amide bonds. The van der Waals surface area contributed by atoms with E-state index in [1.165, 1.54) is 22.3 Å². The van der Waals surface area contributed by atoms with Gasteiger partial charge in [0, 0.05) is 23.8 Å². The van der Waals surface area contributed by atoms with Crippen LogP contribution in [0.1, 0.15) is 38.2 Å². The van der Waals surface area contributed by atoms with Crippen LogP contribution in [-0.2, 0) is 30.8 Å². The van der Waals surface area contributed by atoms with Crippen LogP contribution in [0.5, 0.6) is 17.4 Å². The number of nitrogens with one attached hydrogen (secondary N) is 2. The number of benzene rings is 1. The first kappa shape index (κ1) is 33.2. The quantitative estimate of drug-likeness (QED) is 0.249. The molecule has 2 aliphatic carbocycles. The van der Waals surface area contributed by atoms with E-state index in [0.29, 0.717) is 52.2 Å². The number of pyridine rings is 1. The molecule has 3 aliphatic rings. The molecule has 1 aliphatic heterocycles. The Hall–Kier alpha value is -3.69. The van der Waals surface area contributed by atoms with E-state index in [2.05, 4.69) is 37.5 Å². The Kier molecular flexibility index (Phi) is 9.24. The molecule has 0 unspecified atom stereocenters. The molecule has 47 heavy (non-hydrogen) atoms. The minimum absolute atomic E-state index is 0.0833. The van der Waals surface area contributed by atoms with E-state index >= 15 is 0 Å². The Morgan fingerprint density at radius 3 is 2.66 bits per heavy atom. The van der Waals surface area contributed by atoms with Gasteiger partial charge in [-0.05, 0) is 76.6 Å². The topological polar surface area (TPSA) is 153 Å². The summed E-state index contributed by atoms with van der Waals surface area (Å²) in [5.74, 6) is -0.735. The van der Waals surface area contributed by atoms with Gasteiger partial charge in [0.1, 0.15) is 29.2 Å². The predicted molar refractivity (Wildman–Crippen MR) is 179 cm³/mol. The van der Waals surface area contributed by atoms with Crippen molar-refractivity contribution in [2.75, 3.05) is 20.3 Å². The second-order valence-corrected chi connectivity index (χ2v) is 15.4. The van der Waals surface area contributed by atoms with Gasteiger partial charge in [-0.1, -0.05) is 6.08 Å². The molecule has 2 saturated carbocycles. The van der Waals surface area contributed by atoms with Gasteiger partial charge in [0.25, 0.3) is 5.91 Å². The fraction of sp³-hybridized carbons (Fsp3) is 0.438. The Morgan fingerprint density at radius 2 is 2.02 bits per heavy atom. The summed E-state index contributed by atoms with van der Waals surface area (Å²) >= 11 is 5.03. The Bertz CT molecular complexity index is 1830. The second kappa shape index (κ2) is 13.1.